The summed E-state index contributed by atoms with van der Waals surface area (Å²) in [6, 6.07) is 11.9. The van der Waals surface area contributed by atoms with Gasteiger partial charge in [0.1, 0.15) is 0 Å². The summed E-state index contributed by atoms with van der Waals surface area (Å²) in [4.78, 5) is 0. The first kappa shape index (κ1) is 11.9. The number of benzene rings is 2. The van der Waals surface area contributed by atoms with Crippen LogP contribution < -0.4 is 0 Å². The van der Waals surface area contributed by atoms with Gasteiger partial charge in [0, 0.05) is 14.7 Å². The highest BCUT2D eigenvalue weighted by Gasteiger charge is 2.07. The summed E-state index contributed by atoms with van der Waals surface area (Å²) in [6.45, 7) is 0. The molecule has 4 heteroatoms. The molecular formula is C13H10INO2. The van der Waals surface area contributed by atoms with Crippen LogP contribution in [0.3, 0.4) is 0 Å². The highest BCUT2D eigenvalue weighted by Crippen LogP contribution is 2.26. The van der Waals surface area contributed by atoms with E-state index in [9.17, 15) is 10.2 Å². The Morgan fingerprint density at radius 1 is 0.882 bits per heavy atom. The Morgan fingerprint density at radius 3 is 2.06 bits per heavy atom. The fourth-order valence-corrected chi connectivity index (χ4v) is 1.82. The van der Waals surface area contributed by atoms with Crippen LogP contribution in [-0.2, 0) is 0 Å². The van der Waals surface area contributed by atoms with Gasteiger partial charge in [-0.3, -0.25) is 5.41 Å². The van der Waals surface area contributed by atoms with Crippen LogP contribution in [0.15, 0.2) is 42.5 Å². The normalized spacial score (nSPS) is 10.2. The second kappa shape index (κ2) is 4.75. The molecule has 0 bridgehead atoms. The van der Waals surface area contributed by atoms with E-state index in [2.05, 4.69) is 22.6 Å². The van der Waals surface area contributed by atoms with Crippen molar-refractivity contribution in [3.63, 3.8) is 0 Å². The molecule has 0 atom stereocenters. The van der Waals surface area contributed by atoms with Crippen molar-refractivity contribution in [3.05, 3.63) is 57.2 Å². The molecular weight excluding hydrogens is 329 g/mol. The molecule has 0 radical (unpaired) electrons. The van der Waals surface area contributed by atoms with E-state index < -0.39 is 0 Å². The molecule has 0 aliphatic carbocycles. The van der Waals surface area contributed by atoms with Crippen LogP contribution in [0.25, 0.3) is 0 Å². The van der Waals surface area contributed by atoms with Crippen molar-refractivity contribution in [1.82, 2.24) is 0 Å². The fourth-order valence-electron chi connectivity index (χ4n) is 1.46. The minimum Gasteiger partial charge on any atom is -0.504 e. The minimum absolute atomic E-state index is 0.177. The van der Waals surface area contributed by atoms with Gasteiger partial charge in [-0.1, -0.05) is 12.1 Å². The molecule has 2 rings (SSSR count). The van der Waals surface area contributed by atoms with Crippen LogP contribution in [0.1, 0.15) is 11.1 Å². The zero-order valence-electron chi connectivity index (χ0n) is 8.81. The minimum atomic E-state index is -0.210. The van der Waals surface area contributed by atoms with Gasteiger partial charge in [0.25, 0.3) is 0 Å². The molecule has 0 spiro atoms. The molecule has 0 saturated carbocycles. The van der Waals surface area contributed by atoms with E-state index in [0.29, 0.717) is 11.3 Å². The maximum atomic E-state index is 9.39. The van der Waals surface area contributed by atoms with Gasteiger partial charge in [-0.15, -0.1) is 0 Å². The van der Waals surface area contributed by atoms with E-state index in [4.69, 9.17) is 5.41 Å². The van der Waals surface area contributed by atoms with Crippen molar-refractivity contribution >= 4 is 28.3 Å². The van der Waals surface area contributed by atoms with E-state index >= 15 is 0 Å². The molecule has 0 unspecified atom stereocenters. The summed E-state index contributed by atoms with van der Waals surface area (Å²) in [6.07, 6.45) is 0. The number of nitrogens with one attached hydrogen (secondary N) is 1. The SMILES string of the molecule is N=C(c1ccc(I)cc1)c1ccc(O)c(O)c1. The smallest absolute Gasteiger partial charge is 0.158 e. The Bertz CT molecular complexity index is 564. The van der Waals surface area contributed by atoms with Crippen molar-refractivity contribution < 1.29 is 10.2 Å². The van der Waals surface area contributed by atoms with Crippen LogP contribution in [-0.4, -0.2) is 15.9 Å². The van der Waals surface area contributed by atoms with Crippen molar-refractivity contribution in [2.45, 2.75) is 0 Å². The lowest BCUT2D eigenvalue weighted by atomic mass is 10.0. The standard InChI is InChI=1S/C13H10INO2/c14-10-4-1-8(2-5-10)13(15)9-3-6-11(16)12(17)7-9/h1-7,15-17H. The number of hydrogen-bond donors (Lipinski definition) is 3. The van der Waals surface area contributed by atoms with E-state index in [1.165, 1.54) is 12.1 Å². The Labute approximate surface area is 112 Å². The number of aromatic hydroxyl groups is 2. The summed E-state index contributed by atoms with van der Waals surface area (Å²) in [7, 11) is 0. The van der Waals surface area contributed by atoms with Crippen molar-refractivity contribution in [2.24, 2.45) is 0 Å². The molecule has 2 aromatic rings. The molecule has 2 aromatic carbocycles. The average molecular weight is 339 g/mol. The first-order chi connectivity index (χ1) is 8.08. The van der Waals surface area contributed by atoms with Crippen LogP contribution >= 0.6 is 22.6 Å². The van der Waals surface area contributed by atoms with Gasteiger partial charge >= 0.3 is 0 Å². The fraction of sp³-hybridized carbons (Fsp3) is 0. The molecule has 0 aliphatic heterocycles. The number of phenols is 2. The van der Waals surface area contributed by atoms with E-state index in [1.807, 2.05) is 24.3 Å². The summed E-state index contributed by atoms with van der Waals surface area (Å²) < 4.78 is 1.10. The topological polar surface area (TPSA) is 64.3 Å². The lowest BCUT2D eigenvalue weighted by molar-refractivity contribution is 0.403. The highest BCUT2D eigenvalue weighted by molar-refractivity contribution is 14.1. The Morgan fingerprint density at radius 2 is 1.47 bits per heavy atom. The predicted molar refractivity (Wildman–Crippen MR) is 74.9 cm³/mol. The zero-order chi connectivity index (χ0) is 12.4. The summed E-state index contributed by atoms with van der Waals surface area (Å²) in [5.74, 6) is -0.387. The number of phenolic OH excluding ortho intramolecular Hbond substituents is 2. The van der Waals surface area contributed by atoms with Gasteiger partial charge in [-0.25, -0.2) is 0 Å². The molecule has 0 aliphatic rings. The molecule has 0 saturated heterocycles. The van der Waals surface area contributed by atoms with Gasteiger partial charge in [-0.2, -0.15) is 0 Å². The molecule has 0 amide bonds. The van der Waals surface area contributed by atoms with Crippen LogP contribution in [0, 0.1) is 8.98 Å². The van der Waals surface area contributed by atoms with Gasteiger partial charge in [0.15, 0.2) is 11.5 Å². The third kappa shape index (κ3) is 2.58. The van der Waals surface area contributed by atoms with Gasteiger partial charge in [0.05, 0.1) is 5.71 Å². The number of hydrogen-bond acceptors (Lipinski definition) is 3. The molecule has 0 aromatic heterocycles. The third-order valence-corrected chi connectivity index (χ3v) is 3.12. The number of halogens is 1. The van der Waals surface area contributed by atoms with Crippen LogP contribution in [0.2, 0.25) is 0 Å². The predicted octanol–water partition coefficient (Wildman–Crippen LogP) is 3.12. The largest absolute Gasteiger partial charge is 0.504 e. The summed E-state index contributed by atoms with van der Waals surface area (Å²) >= 11 is 2.20. The molecule has 0 heterocycles. The Kier molecular flexibility index (Phi) is 3.33. The monoisotopic (exact) mass is 339 g/mol. The average Bonchev–Trinajstić information content (AvgIpc) is 2.33. The molecule has 86 valence electrons. The lowest BCUT2D eigenvalue weighted by Crippen LogP contribution is -2.00. The third-order valence-electron chi connectivity index (χ3n) is 2.40. The van der Waals surface area contributed by atoms with E-state index in [-0.39, 0.29) is 11.5 Å². The lowest BCUT2D eigenvalue weighted by Gasteiger charge is -2.06. The first-order valence-corrected chi connectivity index (χ1v) is 6.02. The number of rotatable bonds is 2. The van der Waals surface area contributed by atoms with E-state index in [1.54, 1.807) is 6.07 Å². The Balaban J connectivity index is 2.37. The first-order valence-electron chi connectivity index (χ1n) is 4.95. The Hall–Kier alpha value is -1.56. The quantitative estimate of drug-likeness (QED) is 0.447. The van der Waals surface area contributed by atoms with Gasteiger partial charge in [-0.05, 0) is 52.9 Å². The second-order valence-corrected chi connectivity index (χ2v) is 4.83. The van der Waals surface area contributed by atoms with Gasteiger partial charge in [0.2, 0.25) is 0 Å². The molecule has 3 nitrogen and oxygen atoms in total. The maximum Gasteiger partial charge on any atom is 0.158 e. The molecule has 0 fully saturated rings. The van der Waals surface area contributed by atoms with Crippen molar-refractivity contribution in [2.75, 3.05) is 0 Å². The maximum absolute atomic E-state index is 9.39. The molecule has 17 heavy (non-hydrogen) atoms. The zero-order valence-corrected chi connectivity index (χ0v) is 11.0. The highest BCUT2D eigenvalue weighted by atomic mass is 127. The van der Waals surface area contributed by atoms with Gasteiger partial charge < -0.3 is 10.2 Å². The second-order valence-electron chi connectivity index (χ2n) is 3.59. The van der Waals surface area contributed by atoms with Crippen molar-refractivity contribution in [1.29, 1.82) is 5.41 Å². The van der Waals surface area contributed by atoms with E-state index in [0.717, 1.165) is 9.13 Å². The van der Waals surface area contributed by atoms with Crippen molar-refractivity contribution in [3.8, 4) is 11.5 Å². The summed E-state index contributed by atoms with van der Waals surface area (Å²) in [5.41, 5.74) is 1.66. The van der Waals surface area contributed by atoms with Crippen LogP contribution in [0.5, 0.6) is 11.5 Å². The van der Waals surface area contributed by atoms with Crippen LogP contribution in [0.4, 0.5) is 0 Å². The molecule has 3 N–H and O–H groups in total. The summed E-state index contributed by atoms with van der Waals surface area (Å²) in [5, 5.41) is 26.6.